The summed E-state index contributed by atoms with van der Waals surface area (Å²) in [5.41, 5.74) is 0. The summed E-state index contributed by atoms with van der Waals surface area (Å²) in [5, 5.41) is 3.59. The molecule has 1 saturated heterocycles. The molecule has 0 aliphatic carbocycles. The summed E-state index contributed by atoms with van der Waals surface area (Å²) in [5.74, 6) is 0.739. The molecule has 1 atom stereocenters. The second-order valence-electron chi connectivity index (χ2n) is 5.49. The van der Waals surface area contributed by atoms with E-state index in [1.165, 1.54) is 39.1 Å². The summed E-state index contributed by atoms with van der Waals surface area (Å²) in [6, 6.07) is 0.646. The van der Waals surface area contributed by atoms with Crippen LogP contribution in [-0.2, 0) is 0 Å². The van der Waals surface area contributed by atoms with Crippen molar-refractivity contribution in [2.75, 3.05) is 46.3 Å². The zero-order valence-electron chi connectivity index (χ0n) is 11.5. The molecule has 1 unspecified atom stereocenters. The van der Waals surface area contributed by atoms with Gasteiger partial charge in [-0.15, -0.1) is 0 Å². The molecule has 0 amide bonds. The van der Waals surface area contributed by atoms with E-state index in [4.69, 9.17) is 0 Å². The molecule has 0 aromatic carbocycles. The summed E-state index contributed by atoms with van der Waals surface area (Å²) in [6.07, 6.45) is 1.28. The van der Waals surface area contributed by atoms with Gasteiger partial charge in [0.25, 0.3) is 0 Å². The van der Waals surface area contributed by atoms with E-state index < -0.39 is 0 Å². The Morgan fingerprint density at radius 2 is 1.69 bits per heavy atom. The van der Waals surface area contributed by atoms with Crippen LogP contribution in [0.2, 0.25) is 0 Å². The average Bonchev–Trinajstić information content (AvgIpc) is 2.26. The second-order valence-corrected chi connectivity index (χ2v) is 5.49. The summed E-state index contributed by atoms with van der Waals surface area (Å²) in [6.45, 7) is 14.2. The molecular formula is C13H29N3. The van der Waals surface area contributed by atoms with Gasteiger partial charge in [-0.25, -0.2) is 0 Å². The SMILES string of the molecule is CC(C)C(C)NCCCN1CCN(C)CC1. The number of hydrogen-bond acceptors (Lipinski definition) is 3. The van der Waals surface area contributed by atoms with Crippen LogP contribution >= 0.6 is 0 Å². The average molecular weight is 227 g/mol. The van der Waals surface area contributed by atoms with Crippen molar-refractivity contribution in [3.8, 4) is 0 Å². The van der Waals surface area contributed by atoms with Crippen LogP contribution in [0.25, 0.3) is 0 Å². The van der Waals surface area contributed by atoms with Crippen LogP contribution in [-0.4, -0.2) is 62.2 Å². The topological polar surface area (TPSA) is 18.5 Å². The quantitative estimate of drug-likeness (QED) is 0.689. The highest BCUT2D eigenvalue weighted by Gasteiger charge is 2.13. The van der Waals surface area contributed by atoms with Crippen LogP contribution in [0.15, 0.2) is 0 Å². The van der Waals surface area contributed by atoms with Crippen LogP contribution in [0.4, 0.5) is 0 Å². The van der Waals surface area contributed by atoms with Gasteiger partial charge in [-0.2, -0.15) is 0 Å². The molecule has 0 aromatic heterocycles. The van der Waals surface area contributed by atoms with Gasteiger partial charge >= 0.3 is 0 Å². The summed E-state index contributed by atoms with van der Waals surface area (Å²) < 4.78 is 0. The van der Waals surface area contributed by atoms with E-state index in [0.29, 0.717) is 6.04 Å². The van der Waals surface area contributed by atoms with Crippen molar-refractivity contribution in [1.82, 2.24) is 15.1 Å². The van der Waals surface area contributed by atoms with Crippen molar-refractivity contribution >= 4 is 0 Å². The highest BCUT2D eigenvalue weighted by atomic mass is 15.2. The van der Waals surface area contributed by atoms with Crippen molar-refractivity contribution in [3.05, 3.63) is 0 Å². The van der Waals surface area contributed by atoms with Crippen LogP contribution in [0.1, 0.15) is 27.2 Å². The van der Waals surface area contributed by atoms with Gasteiger partial charge in [0.05, 0.1) is 0 Å². The lowest BCUT2D eigenvalue weighted by atomic mass is 10.1. The molecule has 1 N–H and O–H groups in total. The number of nitrogens with one attached hydrogen (secondary N) is 1. The molecule has 0 bridgehead atoms. The first-order valence-electron chi connectivity index (χ1n) is 6.74. The number of likely N-dealkylation sites (N-methyl/N-ethyl adjacent to an activating group) is 1. The minimum Gasteiger partial charge on any atom is -0.314 e. The lowest BCUT2D eigenvalue weighted by Gasteiger charge is -2.32. The van der Waals surface area contributed by atoms with E-state index in [1.54, 1.807) is 0 Å². The van der Waals surface area contributed by atoms with Gasteiger partial charge in [-0.1, -0.05) is 13.8 Å². The molecular weight excluding hydrogens is 198 g/mol. The van der Waals surface area contributed by atoms with Crippen LogP contribution in [0.5, 0.6) is 0 Å². The molecule has 1 rings (SSSR count). The Bertz CT molecular complexity index is 174. The summed E-state index contributed by atoms with van der Waals surface area (Å²) in [4.78, 5) is 5.00. The monoisotopic (exact) mass is 227 g/mol. The van der Waals surface area contributed by atoms with E-state index in [2.05, 4.69) is 42.9 Å². The third-order valence-corrected chi connectivity index (χ3v) is 3.71. The molecule has 16 heavy (non-hydrogen) atoms. The maximum atomic E-state index is 3.59. The third kappa shape index (κ3) is 5.28. The fourth-order valence-electron chi connectivity index (χ4n) is 1.94. The summed E-state index contributed by atoms with van der Waals surface area (Å²) in [7, 11) is 2.21. The van der Waals surface area contributed by atoms with Crippen LogP contribution in [0.3, 0.4) is 0 Å². The van der Waals surface area contributed by atoms with Crippen molar-refractivity contribution in [1.29, 1.82) is 0 Å². The number of rotatable bonds is 6. The molecule has 1 fully saturated rings. The fourth-order valence-corrected chi connectivity index (χ4v) is 1.94. The first-order chi connectivity index (χ1) is 7.59. The molecule has 96 valence electrons. The minimum absolute atomic E-state index is 0.646. The van der Waals surface area contributed by atoms with Gasteiger partial charge in [0.15, 0.2) is 0 Å². The van der Waals surface area contributed by atoms with Gasteiger partial charge in [-0.3, -0.25) is 0 Å². The Labute approximate surface area is 101 Å². The Morgan fingerprint density at radius 1 is 1.06 bits per heavy atom. The highest BCUT2D eigenvalue weighted by Crippen LogP contribution is 2.01. The first kappa shape index (κ1) is 13.9. The van der Waals surface area contributed by atoms with Gasteiger partial charge < -0.3 is 15.1 Å². The summed E-state index contributed by atoms with van der Waals surface area (Å²) >= 11 is 0. The molecule has 1 aliphatic heterocycles. The van der Waals surface area contributed by atoms with E-state index in [1.807, 2.05) is 0 Å². The standard InChI is InChI=1S/C13H29N3/c1-12(2)13(3)14-6-5-7-16-10-8-15(4)9-11-16/h12-14H,5-11H2,1-4H3. The second kappa shape index (κ2) is 7.25. The predicted molar refractivity (Wildman–Crippen MR) is 70.9 cm³/mol. The lowest BCUT2D eigenvalue weighted by Crippen LogP contribution is -2.45. The highest BCUT2D eigenvalue weighted by molar-refractivity contribution is 4.70. The molecule has 0 spiro atoms. The van der Waals surface area contributed by atoms with Crippen LogP contribution in [0, 0.1) is 5.92 Å². The number of hydrogen-bond donors (Lipinski definition) is 1. The first-order valence-corrected chi connectivity index (χ1v) is 6.74. The lowest BCUT2D eigenvalue weighted by molar-refractivity contribution is 0.152. The fraction of sp³-hybridized carbons (Fsp3) is 1.00. The molecule has 3 heteroatoms. The Morgan fingerprint density at radius 3 is 2.25 bits per heavy atom. The Kier molecular flexibility index (Phi) is 6.32. The predicted octanol–water partition coefficient (Wildman–Crippen LogP) is 1.26. The Hall–Kier alpha value is -0.120. The van der Waals surface area contributed by atoms with E-state index >= 15 is 0 Å². The molecule has 0 saturated carbocycles. The number of piperazine rings is 1. The minimum atomic E-state index is 0.646. The number of nitrogens with zero attached hydrogens (tertiary/aromatic N) is 2. The van der Waals surface area contributed by atoms with E-state index in [-0.39, 0.29) is 0 Å². The van der Waals surface area contributed by atoms with Crippen molar-refractivity contribution in [3.63, 3.8) is 0 Å². The van der Waals surface area contributed by atoms with Gasteiger partial charge in [0.2, 0.25) is 0 Å². The third-order valence-electron chi connectivity index (χ3n) is 3.71. The van der Waals surface area contributed by atoms with Gasteiger partial charge in [0.1, 0.15) is 0 Å². The zero-order chi connectivity index (χ0) is 12.0. The van der Waals surface area contributed by atoms with Crippen molar-refractivity contribution in [2.24, 2.45) is 5.92 Å². The zero-order valence-corrected chi connectivity index (χ0v) is 11.5. The van der Waals surface area contributed by atoms with Crippen LogP contribution < -0.4 is 5.32 Å². The van der Waals surface area contributed by atoms with Crippen molar-refractivity contribution < 1.29 is 0 Å². The normalized spacial score (nSPS) is 21.6. The van der Waals surface area contributed by atoms with Gasteiger partial charge in [0, 0.05) is 32.2 Å². The van der Waals surface area contributed by atoms with E-state index in [9.17, 15) is 0 Å². The maximum absolute atomic E-state index is 3.59. The maximum Gasteiger partial charge on any atom is 0.0110 e. The smallest absolute Gasteiger partial charge is 0.0110 e. The molecule has 0 aromatic rings. The largest absolute Gasteiger partial charge is 0.314 e. The molecule has 3 nitrogen and oxygen atoms in total. The van der Waals surface area contributed by atoms with Crippen molar-refractivity contribution in [2.45, 2.75) is 33.2 Å². The molecule has 1 aliphatic rings. The van der Waals surface area contributed by atoms with Gasteiger partial charge in [-0.05, 0) is 39.4 Å². The molecule has 1 heterocycles. The Balaban J connectivity index is 1.99. The van der Waals surface area contributed by atoms with E-state index in [0.717, 1.165) is 12.5 Å². The molecule has 0 radical (unpaired) electrons.